The van der Waals surface area contributed by atoms with Gasteiger partial charge in [-0.3, -0.25) is 0 Å². The number of rotatable bonds is 3. The predicted molar refractivity (Wildman–Crippen MR) is 54.8 cm³/mol. The summed E-state index contributed by atoms with van der Waals surface area (Å²) in [6.45, 7) is 0.506. The van der Waals surface area contributed by atoms with E-state index in [1.807, 2.05) is 16.8 Å². The molecule has 3 nitrogen and oxygen atoms in total. The van der Waals surface area contributed by atoms with Gasteiger partial charge in [-0.05, 0) is 11.4 Å². The molecule has 68 valence electrons. The van der Waals surface area contributed by atoms with E-state index in [1.54, 1.807) is 0 Å². The molecular weight excluding hydrogens is 184 g/mol. The van der Waals surface area contributed by atoms with Crippen molar-refractivity contribution < 1.29 is 4.79 Å². The third-order valence-electron chi connectivity index (χ3n) is 1.33. The van der Waals surface area contributed by atoms with Gasteiger partial charge >= 0.3 is 6.03 Å². The number of amides is 2. The highest BCUT2D eigenvalue weighted by atomic mass is 32.1. The van der Waals surface area contributed by atoms with Gasteiger partial charge in [-0.1, -0.05) is 0 Å². The molecule has 0 aliphatic carbocycles. The number of carbonyl (C=O) groups is 1. The van der Waals surface area contributed by atoms with Gasteiger partial charge in [-0.2, -0.15) is 11.3 Å². The smallest absolute Gasteiger partial charge is 0.319 e. The molecule has 0 bridgehead atoms. The maximum atomic E-state index is 11.1. The molecule has 0 fully saturated rings. The van der Waals surface area contributed by atoms with Crippen LogP contribution in [0.15, 0.2) is 16.8 Å². The van der Waals surface area contributed by atoms with Crippen LogP contribution in [0.25, 0.3) is 0 Å². The standard InChI is InChI=1S/C9H10N2OS/c1-2-3-5-10-9(12)11-8-4-6-13-7-8/h1,4,6-7H,3,5H2,(H2,10,11,12). The van der Waals surface area contributed by atoms with Crippen LogP contribution in [-0.4, -0.2) is 12.6 Å². The fraction of sp³-hybridized carbons (Fsp3) is 0.222. The third-order valence-corrected chi connectivity index (χ3v) is 2.02. The minimum atomic E-state index is -0.214. The molecule has 1 aromatic heterocycles. The Kier molecular flexibility index (Phi) is 3.86. The number of hydrogen-bond donors (Lipinski definition) is 2. The number of hydrogen-bond acceptors (Lipinski definition) is 2. The molecule has 0 unspecified atom stereocenters. The molecular formula is C9H10N2OS. The number of carbonyl (C=O) groups excluding carboxylic acids is 1. The van der Waals surface area contributed by atoms with E-state index in [-0.39, 0.29) is 6.03 Å². The highest BCUT2D eigenvalue weighted by Crippen LogP contribution is 2.10. The zero-order valence-corrected chi connectivity index (χ0v) is 7.86. The van der Waals surface area contributed by atoms with E-state index in [0.717, 1.165) is 5.69 Å². The molecule has 0 aliphatic rings. The lowest BCUT2D eigenvalue weighted by atomic mass is 10.4. The van der Waals surface area contributed by atoms with Gasteiger partial charge < -0.3 is 10.6 Å². The summed E-state index contributed by atoms with van der Waals surface area (Å²) in [5.74, 6) is 2.44. The zero-order valence-electron chi connectivity index (χ0n) is 7.04. The van der Waals surface area contributed by atoms with Gasteiger partial charge in [0.1, 0.15) is 0 Å². The van der Waals surface area contributed by atoms with Crippen molar-refractivity contribution in [2.75, 3.05) is 11.9 Å². The topological polar surface area (TPSA) is 41.1 Å². The largest absolute Gasteiger partial charge is 0.337 e. The lowest BCUT2D eigenvalue weighted by molar-refractivity contribution is 0.252. The monoisotopic (exact) mass is 194 g/mol. The SMILES string of the molecule is C#CCCNC(=O)Nc1ccsc1. The van der Waals surface area contributed by atoms with Gasteiger partial charge in [-0.15, -0.1) is 12.3 Å². The molecule has 0 aliphatic heterocycles. The van der Waals surface area contributed by atoms with Gasteiger partial charge in [-0.25, -0.2) is 4.79 Å². The van der Waals surface area contributed by atoms with E-state index in [0.29, 0.717) is 13.0 Å². The summed E-state index contributed by atoms with van der Waals surface area (Å²) in [6.07, 6.45) is 5.58. The van der Waals surface area contributed by atoms with Crippen LogP contribution in [0.4, 0.5) is 10.5 Å². The van der Waals surface area contributed by atoms with E-state index >= 15 is 0 Å². The minimum absolute atomic E-state index is 0.214. The first kappa shape index (κ1) is 9.62. The quantitative estimate of drug-likeness (QED) is 0.560. The van der Waals surface area contributed by atoms with E-state index in [9.17, 15) is 4.79 Å². The molecule has 0 radical (unpaired) electrons. The summed E-state index contributed by atoms with van der Waals surface area (Å²) < 4.78 is 0. The van der Waals surface area contributed by atoms with Gasteiger partial charge in [0.15, 0.2) is 0 Å². The van der Waals surface area contributed by atoms with Gasteiger partial charge in [0.25, 0.3) is 0 Å². The summed E-state index contributed by atoms with van der Waals surface area (Å²) in [4.78, 5) is 11.1. The van der Waals surface area contributed by atoms with Crippen molar-refractivity contribution in [2.45, 2.75) is 6.42 Å². The molecule has 0 atom stereocenters. The lowest BCUT2D eigenvalue weighted by Gasteiger charge is -2.03. The Hall–Kier alpha value is -1.47. The number of nitrogens with one attached hydrogen (secondary N) is 2. The minimum Gasteiger partial charge on any atom is -0.337 e. The molecule has 0 saturated heterocycles. The Morgan fingerprint density at radius 2 is 2.54 bits per heavy atom. The second-order valence-corrected chi connectivity index (χ2v) is 3.13. The van der Waals surface area contributed by atoms with Crippen LogP contribution >= 0.6 is 11.3 Å². The summed E-state index contributed by atoms with van der Waals surface area (Å²) >= 11 is 1.54. The average Bonchev–Trinajstić information content (AvgIpc) is 2.57. The molecule has 4 heteroatoms. The Labute approximate surface area is 81.2 Å². The summed E-state index contributed by atoms with van der Waals surface area (Å²) in [5, 5.41) is 9.07. The van der Waals surface area contributed by atoms with Crippen molar-refractivity contribution in [1.29, 1.82) is 0 Å². The van der Waals surface area contributed by atoms with Gasteiger partial charge in [0, 0.05) is 18.3 Å². The maximum Gasteiger partial charge on any atom is 0.319 e. The fourth-order valence-corrected chi connectivity index (χ4v) is 1.35. The van der Waals surface area contributed by atoms with Crippen LogP contribution in [0.1, 0.15) is 6.42 Å². The number of terminal acetylenes is 1. The summed E-state index contributed by atoms with van der Waals surface area (Å²) in [5.41, 5.74) is 0.809. The maximum absolute atomic E-state index is 11.1. The highest BCUT2D eigenvalue weighted by Gasteiger charge is 1.99. The first-order valence-corrected chi connectivity index (χ1v) is 4.77. The van der Waals surface area contributed by atoms with Crippen molar-refractivity contribution in [2.24, 2.45) is 0 Å². The molecule has 1 rings (SSSR count). The van der Waals surface area contributed by atoms with Gasteiger partial charge in [0.2, 0.25) is 0 Å². The van der Waals surface area contributed by atoms with Crippen LogP contribution in [0.2, 0.25) is 0 Å². The van der Waals surface area contributed by atoms with Crippen LogP contribution in [0, 0.1) is 12.3 Å². The normalized spacial score (nSPS) is 8.85. The first-order valence-electron chi connectivity index (χ1n) is 3.83. The van der Waals surface area contributed by atoms with Gasteiger partial charge in [0.05, 0.1) is 5.69 Å². The second-order valence-electron chi connectivity index (χ2n) is 2.35. The molecule has 2 amide bonds. The number of anilines is 1. The number of urea groups is 1. The summed E-state index contributed by atoms with van der Waals surface area (Å²) in [7, 11) is 0. The van der Waals surface area contributed by atoms with Crippen molar-refractivity contribution in [3.8, 4) is 12.3 Å². The molecule has 1 heterocycles. The molecule has 1 aromatic rings. The Bertz CT molecular complexity index is 300. The van der Waals surface area contributed by atoms with E-state index < -0.39 is 0 Å². The summed E-state index contributed by atoms with van der Waals surface area (Å²) in [6, 6.07) is 1.62. The van der Waals surface area contributed by atoms with Crippen LogP contribution in [-0.2, 0) is 0 Å². The van der Waals surface area contributed by atoms with Crippen LogP contribution in [0.3, 0.4) is 0 Å². The second kappa shape index (κ2) is 5.22. The van der Waals surface area contributed by atoms with Crippen molar-refractivity contribution in [1.82, 2.24) is 5.32 Å². The number of thiophene rings is 1. The Morgan fingerprint density at radius 1 is 1.69 bits per heavy atom. The molecule has 0 saturated carbocycles. The first-order chi connectivity index (χ1) is 6.33. The van der Waals surface area contributed by atoms with Crippen LogP contribution in [0.5, 0.6) is 0 Å². The average molecular weight is 194 g/mol. The van der Waals surface area contributed by atoms with E-state index in [4.69, 9.17) is 6.42 Å². The third kappa shape index (κ3) is 3.63. The molecule has 2 N–H and O–H groups in total. The van der Waals surface area contributed by atoms with E-state index in [2.05, 4.69) is 16.6 Å². The molecule has 0 aromatic carbocycles. The van der Waals surface area contributed by atoms with Crippen molar-refractivity contribution in [3.05, 3.63) is 16.8 Å². The Morgan fingerprint density at radius 3 is 3.15 bits per heavy atom. The zero-order chi connectivity index (χ0) is 9.52. The highest BCUT2D eigenvalue weighted by molar-refractivity contribution is 7.08. The van der Waals surface area contributed by atoms with Crippen LogP contribution < -0.4 is 10.6 Å². The fourth-order valence-electron chi connectivity index (χ4n) is 0.759. The molecule has 0 spiro atoms. The van der Waals surface area contributed by atoms with Crippen molar-refractivity contribution in [3.63, 3.8) is 0 Å². The Balaban J connectivity index is 2.23. The van der Waals surface area contributed by atoms with E-state index in [1.165, 1.54) is 11.3 Å². The molecule has 13 heavy (non-hydrogen) atoms. The lowest BCUT2D eigenvalue weighted by Crippen LogP contribution is -2.29. The predicted octanol–water partition coefficient (Wildman–Crippen LogP) is 1.89. The van der Waals surface area contributed by atoms with Crippen molar-refractivity contribution >= 4 is 23.1 Å².